The van der Waals surface area contributed by atoms with Gasteiger partial charge in [0.1, 0.15) is 5.69 Å². The summed E-state index contributed by atoms with van der Waals surface area (Å²) in [7, 11) is 0. The van der Waals surface area contributed by atoms with Crippen molar-refractivity contribution in [3.8, 4) is 11.3 Å². The first-order valence-corrected chi connectivity index (χ1v) is 7.52. The fourth-order valence-corrected chi connectivity index (χ4v) is 2.57. The molecule has 1 N–H and O–H groups in total. The Labute approximate surface area is 134 Å². The van der Waals surface area contributed by atoms with Crippen LogP contribution < -0.4 is 0 Å². The zero-order valence-corrected chi connectivity index (χ0v) is 12.6. The van der Waals surface area contributed by atoms with Gasteiger partial charge in [-0.15, -0.1) is 5.10 Å². The summed E-state index contributed by atoms with van der Waals surface area (Å²) in [5.41, 5.74) is 2.63. The van der Waals surface area contributed by atoms with Crippen LogP contribution in [0.3, 0.4) is 0 Å². The molecule has 0 aliphatic rings. The number of carboxylic acids is 1. The average Bonchev–Trinajstić information content (AvgIpc) is 3.01. The van der Waals surface area contributed by atoms with Crippen LogP contribution in [0.25, 0.3) is 11.3 Å². The summed E-state index contributed by atoms with van der Waals surface area (Å²) in [5, 5.41) is 17.2. The molecule has 1 aromatic heterocycles. The van der Waals surface area contributed by atoms with Crippen LogP contribution in [-0.4, -0.2) is 26.1 Å². The highest BCUT2D eigenvalue weighted by atomic mass is 16.4. The molecule has 3 aromatic rings. The first-order chi connectivity index (χ1) is 11.3. The fraction of sp³-hybridized carbons (Fsp3) is 0.167. The quantitative estimate of drug-likeness (QED) is 0.759. The number of hydrogen-bond donors (Lipinski definition) is 1. The first-order valence-electron chi connectivity index (χ1n) is 7.52. The van der Waals surface area contributed by atoms with Gasteiger partial charge in [0.2, 0.25) is 0 Å². The Kier molecular flexibility index (Phi) is 4.47. The minimum Gasteiger partial charge on any atom is -0.476 e. The topological polar surface area (TPSA) is 68.0 Å². The summed E-state index contributed by atoms with van der Waals surface area (Å²) >= 11 is 0. The van der Waals surface area contributed by atoms with Crippen LogP contribution in [0.15, 0.2) is 60.7 Å². The van der Waals surface area contributed by atoms with E-state index in [4.69, 9.17) is 0 Å². The first kappa shape index (κ1) is 15.0. The van der Waals surface area contributed by atoms with Crippen LogP contribution >= 0.6 is 0 Å². The second kappa shape index (κ2) is 6.87. The Balaban J connectivity index is 1.81. The Morgan fingerprint density at radius 2 is 1.65 bits per heavy atom. The Bertz CT molecular complexity index is 783. The number of benzene rings is 2. The van der Waals surface area contributed by atoms with Gasteiger partial charge < -0.3 is 5.11 Å². The Morgan fingerprint density at radius 1 is 1.00 bits per heavy atom. The number of carbonyl (C=O) groups is 1. The molecule has 0 bridgehead atoms. The molecule has 0 unspecified atom stereocenters. The summed E-state index contributed by atoms with van der Waals surface area (Å²) in [4.78, 5) is 11.4. The monoisotopic (exact) mass is 307 g/mol. The molecule has 0 saturated carbocycles. The molecule has 5 nitrogen and oxygen atoms in total. The van der Waals surface area contributed by atoms with E-state index >= 15 is 0 Å². The van der Waals surface area contributed by atoms with Gasteiger partial charge in [0, 0.05) is 12.1 Å². The Morgan fingerprint density at radius 3 is 2.30 bits per heavy atom. The van der Waals surface area contributed by atoms with Gasteiger partial charge in [-0.05, 0) is 18.4 Å². The van der Waals surface area contributed by atoms with Crippen molar-refractivity contribution >= 4 is 5.97 Å². The van der Waals surface area contributed by atoms with Crippen LogP contribution in [0.4, 0.5) is 0 Å². The maximum absolute atomic E-state index is 11.4. The summed E-state index contributed by atoms with van der Waals surface area (Å²) in [6.45, 7) is 0.624. The van der Waals surface area contributed by atoms with Gasteiger partial charge in [-0.25, -0.2) is 9.48 Å². The van der Waals surface area contributed by atoms with E-state index in [9.17, 15) is 9.90 Å². The van der Waals surface area contributed by atoms with Crippen LogP contribution in [0.2, 0.25) is 0 Å². The minimum absolute atomic E-state index is 0.00379. The van der Waals surface area contributed by atoms with Gasteiger partial charge in [-0.3, -0.25) is 0 Å². The summed E-state index contributed by atoms with van der Waals surface area (Å²) in [6.07, 6.45) is 1.78. The van der Waals surface area contributed by atoms with Crippen LogP contribution in [0.1, 0.15) is 22.5 Å². The second-order valence-corrected chi connectivity index (χ2v) is 5.27. The highest BCUT2D eigenvalue weighted by Crippen LogP contribution is 2.22. The molecule has 0 aliphatic carbocycles. The lowest BCUT2D eigenvalue weighted by Gasteiger charge is -2.07. The third-order valence-corrected chi connectivity index (χ3v) is 3.66. The second-order valence-electron chi connectivity index (χ2n) is 5.27. The molecular formula is C18H17N3O2. The van der Waals surface area contributed by atoms with Gasteiger partial charge in [-0.1, -0.05) is 65.9 Å². The predicted molar refractivity (Wildman–Crippen MR) is 87.2 cm³/mol. The zero-order chi connectivity index (χ0) is 16.1. The van der Waals surface area contributed by atoms with E-state index in [1.54, 1.807) is 4.68 Å². The van der Waals surface area contributed by atoms with E-state index in [0.29, 0.717) is 12.2 Å². The van der Waals surface area contributed by atoms with Gasteiger partial charge in [0.15, 0.2) is 5.69 Å². The Hall–Kier alpha value is -2.95. The molecule has 2 aromatic carbocycles. The van der Waals surface area contributed by atoms with Gasteiger partial charge >= 0.3 is 5.97 Å². The van der Waals surface area contributed by atoms with E-state index < -0.39 is 5.97 Å². The maximum Gasteiger partial charge on any atom is 0.358 e. The fourth-order valence-electron chi connectivity index (χ4n) is 2.57. The molecule has 3 rings (SSSR count). The van der Waals surface area contributed by atoms with Crippen molar-refractivity contribution in [2.24, 2.45) is 0 Å². The van der Waals surface area contributed by atoms with Crippen molar-refractivity contribution in [3.63, 3.8) is 0 Å². The van der Waals surface area contributed by atoms with Crippen LogP contribution in [0.5, 0.6) is 0 Å². The maximum atomic E-state index is 11.4. The molecule has 5 heteroatoms. The summed E-state index contributed by atoms with van der Waals surface area (Å²) in [5.74, 6) is -1.06. The number of carboxylic acid groups (broad SMARTS) is 1. The molecule has 0 atom stereocenters. The van der Waals surface area contributed by atoms with E-state index in [0.717, 1.165) is 18.4 Å². The predicted octanol–water partition coefficient (Wildman–Crippen LogP) is 3.28. The standard InChI is InChI=1S/C18H17N3O2/c22-18(23)16-17(15-11-5-2-6-12-15)21(20-19-16)13-7-10-14-8-3-1-4-9-14/h1-6,8-9,11-12H,7,10,13H2,(H,22,23). The molecular weight excluding hydrogens is 290 g/mol. The van der Waals surface area contributed by atoms with Crippen molar-refractivity contribution in [1.29, 1.82) is 0 Å². The third-order valence-electron chi connectivity index (χ3n) is 3.66. The molecule has 0 amide bonds. The lowest BCUT2D eigenvalue weighted by atomic mass is 10.1. The van der Waals surface area contributed by atoms with Crippen LogP contribution in [0, 0.1) is 0 Å². The largest absolute Gasteiger partial charge is 0.476 e. The molecule has 0 aliphatic heterocycles. The average molecular weight is 307 g/mol. The van der Waals surface area contributed by atoms with Crippen LogP contribution in [-0.2, 0) is 13.0 Å². The highest BCUT2D eigenvalue weighted by molar-refractivity contribution is 5.92. The van der Waals surface area contributed by atoms with E-state index in [2.05, 4.69) is 22.4 Å². The van der Waals surface area contributed by atoms with Crippen molar-refractivity contribution in [2.75, 3.05) is 0 Å². The SMILES string of the molecule is O=C(O)c1nnn(CCCc2ccccc2)c1-c1ccccc1. The number of aryl methyl sites for hydroxylation is 2. The van der Waals surface area contributed by atoms with Crippen molar-refractivity contribution in [1.82, 2.24) is 15.0 Å². The number of rotatable bonds is 6. The highest BCUT2D eigenvalue weighted by Gasteiger charge is 2.20. The molecule has 0 radical (unpaired) electrons. The number of nitrogens with zero attached hydrogens (tertiary/aromatic N) is 3. The lowest BCUT2D eigenvalue weighted by molar-refractivity contribution is 0.0691. The number of aromatic carboxylic acids is 1. The smallest absolute Gasteiger partial charge is 0.358 e. The van der Waals surface area contributed by atoms with Gasteiger partial charge in [0.05, 0.1) is 0 Å². The summed E-state index contributed by atoms with van der Waals surface area (Å²) < 4.78 is 1.68. The zero-order valence-electron chi connectivity index (χ0n) is 12.6. The molecule has 0 spiro atoms. The molecule has 1 heterocycles. The van der Waals surface area contributed by atoms with E-state index in [-0.39, 0.29) is 5.69 Å². The van der Waals surface area contributed by atoms with Gasteiger partial charge in [-0.2, -0.15) is 0 Å². The molecule has 23 heavy (non-hydrogen) atoms. The number of hydrogen-bond acceptors (Lipinski definition) is 3. The molecule has 0 saturated heterocycles. The third kappa shape index (κ3) is 3.45. The number of aromatic nitrogens is 3. The normalized spacial score (nSPS) is 10.6. The van der Waals surface area contributed by atoms with E-state index in [1.165, 1.54) is 5.56 Å². The lowest BCUT2D eigenvalue weighted by Crippen LogP contribution is -2.06. The van der Waals surface area contributed by atoms with Crippen molar-refractivity contribution < 1.29 is 9.90 Å². The molecule has 116 valence electrons. The van der Waals surface area contributed by atoms with E-state index in [1.807, 2.05) is 48.5 Å². The van der Waals surface area contributed by atoms with Crippen molar-refractivity contribution in [2.45, 2.75) is 19.4 Å². The van der Waals surface area contributed by atoms with Gasteiger partial charge in [0.25, 0.3) is 0 Å². The molecule has 0 fully saturated rings. The van der Waals surface area contributed by atoms with Crippen molar-refractivity contribution in [3.05, 3.63) is 71.9 Å². The summed E-state index contributed by atoms with van der Waals surface area (Å²) in [6, 6.07) is 19.6. The minimum atomic E-state index is -1.06.